The molecule has 0 bridgehead atoms. The van der Waals surface area contributed by atoms with Crippen LogP contribution in [0.5, 0.6) is 11.5 Å². The van der Waals surface area contributed by atoms with Gasteiger partial charge in [0.05, 0.1) is 13.3 Å². The maximum Gasteiger partial charge on any atom is 0.211 e. The number of ether oxygens (including phenoxy) is 2. The third-order valence-corrected chi connectivity index (χ3v) is 4.00. The molecule has 25 heavy (non-hydrogen) atoms. The molecule has 0 radical (unpaired) electrons. The molecule has 1 aromatic heterocycles. The summed E-state index contributed by atoms with van der Waals surface area (Å²) in [6.45, 7) is 0.270. The van der Waals surface area contributed by atoms with E-state index in [-0.39, 0.29) is 12.4 Å². The van der Waals surface area contributed by atoms with Crippen LogP contribution >= 0.6 is 0 Å². The lowest BCUT2D eigenvalue weighted by Gasteiger charge is -2.17. The number of nitrogens with zero attached hydrogens (tertiary/aromatic N) is 3. The zero-order valence-electron chi connectivity index (χ0n) is 13.5. The molecule has 0 aliphatic carbocycles. The molecule has 1 aliphatic rings. The van der Waals surface area contributed by atoms with Crippen LogP contribution in [0.4, 0.5) is 0 Å². The molecule has 2 heterocycles. The minimum Gasteiger partial charge on any atom is -0.497 e. The molecular formula is C19H15N3O3. The van der Waals surface area contributed by atoms with Crippen molar-refractivity contribution in [2.24, 2.45) is 0 Å². The fourth-order valence-corrected chi connectivity index (χ4v) is 2.71. The Morgan fingerprint density at radius 2 is 2.04 bits per heavy atom. The molecule has 0 saturated heterocycles. The van der Waals surface area contributed by atoms with E-state index in [1.165, 1.54) is 4.68 Å². The minimum atomic E-state index is -0.136. The first-order valence-corrected chi connectivity index (χ1v) is 7.78. The second-order valence-electron chi connectivity index (χ2n) is 5.55. The van der Waals surface area contributed by atoms with Gasteiger partial charge in [-0.3, -0.25) is 4.79 Å². The molecule has 0 unspecified atom stereocenters. The molecule has 0 saturated carbocycles. The van der Waals surface area contributed by atoms with Gasteiger partial charge in [-0.1, -0.05) is 35.5 Å². The highest BCUT2D eigenvalue weighted by Crippen LogP contribution is 2.31. The molecule has 4 rings (SSSR count). The number of fused-ring (bicyclic) bond motifs is 2. The van der Waals surface area contributed by atoms with Crippen molar-refractivity contribution in [1.82, 2.24) is 15.0 Å². The highest BCUT2D eigenvalue weighted by Gasteiger charge is 2.22. The van der Waals surface area contributed by atoms with E-state index in [1.807, 2.05) is 36.4 Å². The summed E-state index contributed by atoms with van der Waals surface area (Å²) in [5.74, 6) is 1.22. The maximum atomic E-state index is 13.1. The van der Waals surface area contributed by atoms with Crippen LogP contribution in [0.2, 0.25) is 0 Å². The quantitative estimate of drug-likeness (QED) is 0.689. The topological polar surface area (TPSA) is 66.2 Å². The van der Waals surface area contributed by atoms with Crippen molar-refractivity contribution >= 4 is 17.6 Å². The monoisotopic (exact) mass is 333 g/mol. The van der Waals surface area contributed by atoms with Gasteiger partial charge in [0.1, 0.15) is 29.5 Å². The molecule has 0 spiro atoms. The predicted molar refractivity (Wildman–Crippen MR) is 92.3 cm³/mol. The molecule has 0 atom stereocenters. The Morgan fingerprint density at radius 1 is 1.20 bits per heavy atom. The van der Waals surface area contributed by atoms with E-state index >= 15 is 0 Å². The standard InChI is InChI=1S/C19H15N3O3/c1-24-16-7-8-18-14(9-16)10-17(19(23)13-5-3-2-4-6-13)22-15(12-25-18)11-20-21-22/h2-11H,12H2,1H3/b17-10-. The zero-order valence-corrected chi connectivity index (χ0v) is 13.5. The summed E-state index contributed by atoms with van der Waals surface area (Å²) in [7, 11) is 1.60. The number of carbonyl (C=O) groups excluding carboxylic acids is 1. The van der Waals surface area contributed by atoms with Crippen LogP contribution in [0, 0.1) is 0 Å². The molecule has 6 nitrogen and oxygen atoms in total. The summed E-state index contributed by atoms with van der Waals surface area (Å²) in [6.07, 6.45) is 3.35. The number of Topliss-reactive ketones (excluding diaryl/α,β-unsaturated/α-hetero) is 1. The van der Waals surface area contributed by atoms with Crippen molar-refractivity contribution in [1.29, 1.82) is 0 Å². The Balaban J connectivity index is 1.90. The van der Waals surface area contributed by atoms with Crippen LogP contribution in [0.3, 0.4) is 0 Å². The minimum absolute atomic E-state index is 0.136. The van der Waals surface area contributed by atoms with E-state index in [0.717, 1.165) is 5.56 Å². The van der Waals surface area contributed by atoms with Gasteiger partial charge < -0.3 is 9.47 Å². The molecule has 3 aromatic rings. The van der Waals surface area contributed by atoms with E-state index in [1.54, 1.807) is 31.5 Å². The number of hydrogen-bond donors (Lipinski definition) is 0. The third-order valence-electron chi connectivity index (χ3n) is 4.00. The average molecular weight is 333 g/mol. The number of hydrogen-bond acceptors (Lipinski definition) is 5. The van der Waals surface area contributed by atoms with E-state index in [4.69, 9.17) is 9.47 Å². The summed E-state index contributed by atoms with van der Waals surface area (Å²) in [4.78, 5) is 13.1. The van der Waals surface area contributed by atoms with Crippen molar-refractivity contribution < 1.29 is 14.3 Å². The fraction of sp³-hybridized carbons (Fsp3) is 0.105. The summed E-state index contributed by atoms with van der Waals surface area (Å²) in [5, 5.41) is 7.99. The van der Waals surface area contributed by atoms with Gasteiger partial charge in [-0.25, -0.2) is 4.68 Å². The number of ketones is 1. The Morgan fingerprint density at radius 3 is 2.84 bits per heavy atom. The first-order valence-electron chi connectivity index (χ1n) is 7.78. The zero-order chi connectivity index (χ0) is 17.2. The Hall–Kier alpha value is -3.41. The first-order chi connectivity index (χ1) is 12.3. The molecule has 0 N–H and O–H groups in total. The van der Waals surface area contributed by atoms with Gasteiger partial charge in [-0.15, -0.1) is 5.10 Å². The Labute approximate surface area is 144 Å². The summed E-state index contributed by atoms with van der Waals surface area (Å²) in [6, 6.07) is 14.6. The second kappa shape index (κ2) is 6.24. The predicted octanol–water partition coefficient (Wildman–Crippen LogP) is 3.06. The number of benzene rings is 2. The van der Waals surface area contributed by atoms with Gasteiger partial charge in [0.15, 0.2) is 0 Å². The first kappa shape index (κ1) is 15.1. The third kappa shape index (κ3) is 2.78. The molecular weight excluding hydrogens is 318 g/mol. The van der Waals surface area contributed by atoms with Crippen molar-refractivity contribution in [3.05, 3.63) is 71.5 Å². The number of aromatic nitrogens is 3. The van der Waals surface area contributed by atoms with Crippen LogP contribution in [-0.2, 0) is 6.61 Å². The number of carbonyl (C=O) groups is 1. The molecule has 0 fully saturated rings. The van der Waals surface area contributed by atoms with Crippen LogP contribution in [0.15, 0.2) is 54.7 Å². The molecule has 6 heteroatoms. The molecule has 0 amide bonds. The van der Waals surface area contributed by atoms with E-state index in [9.17, 15) is 4.79 Å². The molecule has 124 valence electrons. The molecule has 1 aliphatic heterocycles. The summed E-state index contributed by atoms with van der Waals surface area (Å²) >= 11 is 0. The van der Waals surface area contributed by atoms with Crippen LogP contribution in [0.1, 0.15) is 21.6 Å². The van der Waals surface area contributed by atoms with E-state index in [2.05, 4.69) is 10.3 Å². The van der Waals surface area contributed by atoms with Crippen LogP contribution in [-0.4, -0.2) is 27.9 Å². The van der Waals surface area contributed by atoms with Crippen molar-refractivity contribution in [2.45, 2.75) is 6.61 Å². The maximum absolute atomic E-state index is 13.1. The second-order valence-corrected chi connectivity index (χ2v) is 5.55. The number of methoxy groups -OCH3 is 1. The van der Waals surface area contributed by atoms with Gasteiger partial charge in [-0.2, -0.15) is 0 Å². The Bertz CT molecular complexity index is 961. The fourth-order valence-electron chi connectivity index (χ4n) is 2.71. The smallest absolute Gasteiger partial charge is 0.211 e. The van der Waals surface area contributed by atoms with Gasteiger partial charge in [0.25, 0.3) is 0 Å². The number of allylic oxidation sites excluding steroid dienone is 1. The number of rotatable bonds is 3. The SMILES string of the molecule is COc1ccc2c(c1)/C=C(/C(=O)c1ccccc1)n1nncc1CO2. The largest absolute Gasteiger partial charge is 0.497 e. The normalized spacial score (nSPS) is 14.8. The van der Waals surface area contributed by atoms with Crippen LogP contribution < -0.4 is 9.47 Å². The van der Waals surface area contributed by atoms with Crippen LogP contribution in [0.25, 0.3) is 11.8 Å². The van der Waals surface area contributed by atoms with E-state index in [0.29, 0.717) is 28.5 Å². The van der Waals surface area contributed by atoms with Gasteiger partial charge >= 0.3 is 0 Å². The van der Waals surface area contributed by atoms with E-state index < -0.39 is 0 Å². The van der Waals surface area contributed by atoms with Crippen molar-refractivity contribution in [2.75, 3.05) is 7.11 Å². The van der Waals surface area contributed by atoms with Crippen molar-refractivity contribution in [3.8, 4) is 11.5 Å². The lowest BCUT2D eigenvalue weighted by molar-refractivity contribution is 0.104. The van der Waals surface area contributed by atoms with Gasteiger partial charge in [0, 0.05) is 11.1 Å². The summed E-state index contributed by atoms with van der Waals surface area (Å²) < 4.78 is 12.6. The highest BCUT2D eigenvalue weighted by atomic mass is 16.5. The summed E-state index contributed by atoms with van der Waals surface area (Å²) in [5.41, 5.74) is 2.45. The average Bonchev–Trinajstić information content (AvgIpc) is 3.11. The van der Waals surface area contributed by atoms with Gasteiger partial charge in [-0.05, 0) is 24.3 Å². The molecule has 2 aromatic carbocycles. The highest BCUT2D eigenvalue weighted by molar-refractivity contribution is 6.28. The van der Waals surface area contributed by atoms with Crippen molar-refractivity contribution in [3.63, 3.8) is 0 Å². The Kier molecular flexibility index (Phi) is 3.78. The lowest BCUT2D eigenvalue weighted by atomic mass is 10.0. The lowest BCUT2D eigenvalue weighted by Crippen LogP contribution is -2.16. The van der Waals surface area contributed by atoms with Gasteiger partial charge in [0.2, 0.25) is 5.78 Å².